The number of hydrogen-bond donors (Lipinski definition) is 1. The second-order valence-corrected chi connectivity index (χ2v) is 17.6. The van der Waals surface area contributed by atoms with E-state index in [9.17, 15) is 4.79 Å². The lowest BCUT2D eigenvalue weighted by molar-refractivity contribution is 0.0718. The summed E-state index contributed by atoms with van der Waals surface area (Å²) in [6.07, 6.45) is 10.6. The maximum atomic E-state index is 13.5. The molecule has 2 aromatic heterocycles. The van der Waals surface area contributed by atoms with E-state index in [1.54, 1.807) is 6.20 Å². The molecule has 3 aliphatic rings. The molecular weight excluding hydrogens is 468 g/mol. The molecule has 8 nitrogen and oxygen atoms in total. The van der Waals surface area contributed by atoms with E-state index >= 15 is 0 Å². The summed E-state index contributed by atoms with van der Waals surface area (Å²) >= 11 is 0. The van der Waals surface area contributed by atoms with Crippen LogP contribution in [0.5, 0.6) is 0 Å². The van der Waals surface area contributed by atoms with Crippen LogP contribution in [0, 0.1) is 17.2 Å². The van der Waals surface area contributed by atoms with Gasteiger partial charge in [0.15, 0.2) is 0 Å². The molecule has 36 heavy (non-hydrogen) atoms. The molecule has 1 amide bonds. The lowest BCUT2D eigenvalue weighted by atomic mass is 9.84. The molecular formula is C27H40N6O2Si. The Balaban J connectivity index is 1.37. The van der Waals surface area contributed by atoms with Gasteiger partial charge < -0.3 is 24.4 Å². The van der Waals surface area contributed by atoms with Crippen molar-refractivity contribution in [2.75, 3.05) is 31.3 Å². The van der Waals surface area contributed by atoms with Gasteiger partial charge in [-0.05, 0) is 63.1 Å². The van der Waals surface area contributed by atoms with Crippen LogP contribution in [0.1, 0.15) is 48.9 Å². The number of rotatable bonds is 10. The zero-order valence-electron chi connectivity index (χ0n) is 22.0. The lowest BCUT2D eigenvalue weighted by Gasteiger charge is -2.45. The molecule has 5 rings (SSSR count). The van der Waals surface area contributed by atoms with Crippen molar-refractivity contribution in [1.82, 2.24) is 19.8 Å². The van der Waals surface area contributed by atoms with Gasteiger partial charge in [0.1, 0.15) is 12.4 Å². The van der Waals surface area contributed by atoms with E-state index in [2.05, 4.69) is 57.7 Å². The van der Waals surface area contributed by atoms with E-state index in [4.69, 9.17) is 15.0 Å². The highest BCUT2D eigenvalue weighted by molar-refractivity contribution is 6.76. The normalized spacial score (nSPS) is 22.7. The summed E-state index contributed by atoms with van der Waals surface area (Å²) in [5, 5.41) is 13.1. The SMILES string of the molecule is C[Si](C)(C)CCOCn1ccc2c3c(cnc21)C(=O)N(C1CC1)CN3C1CCC(CNCC#N)CC1. The van der Waals surface area contributed by atoms with Gasteiger partial charge in [-0.15, -0.1) is 0 Å². The minimum Gasteiger partial charge on any atom is -0.361 e. The van der Waals surface area contributed by atoms with Gasteiger partial charge >= 0.3 is 0 Å². The molecule has 2 saturated carbocycles. The smallest absolute Gasteiger partial charge is 0.259 e. The van der Waals surface area contributed by atoms with Gasteiger partial charge in [-0.25, -0.2) is 4.98 Å². The number of carbonyl (C=O) groups is 1. The van der Waals surface area contributed by atoms with E-state index in [1.165, 1.54) is 0 Å². The quantitative estimate of drug-likeness (QED) is 0.291. The molecule has 1 N–H and O–H groups in total. The van der Waals surface area contributed by atoms with Crippen molar-refractivity contribution >= 4 is 30.7 Å². The molecule has 0 aromatic carbocycles. The first-order valence-corrected chi connectivity index (χ1v) is 17.3. The topological polar surface area (TPSA) is 86.4 Å². The number of nitrogens with one attached hydrogen (secondary N) is 1. The van der Waals surface area contributed by atoms with Crippen molar-refractivity contribution in [3.05, 3.63) is 24.0 Å². The van der Waals surface area contributed by atoms with Gasteiger partial charge in [-0.3, -0.25) is 4.79 Å². The van der Waals surface area contributed by atoms with Crippen LogP contribution in [0.15, 0.2) is 18.5 Å². The van der Waals surface area contributed by atoms with Crippen LogP contribution >= 0.6 is 0 Å². The zero-order chi connectivity index (χ0) is 25.3. The Morgan fingerprint density at radius 3 is 2.56 bits per heavy atom. The second-order valence-electron chi connectivity index (χ2n) is 12.0. The number of pyridine rings is 1. The molecule has 9 heteroatoms. The number of amides is 1. The Hall–Kier alpha value is -2.41. The highest BCUT2D eigenvalue weighted by Crippen LogP contribution is 2.42. The predicted molar refractivity (Wildman–Crippen MR) is 145 cm³/mol. The van der Waals surface area contributed by atoms with Crippen LogP contribution < -0.4 is 10.2 Å². The molecule has 0 saturated heterocycles. The fourth-order valence-corrected chi connectivity index (χ4v) is 6.41. The number of fused-ring (bicyclic) bond motifs is 3. The van der Waals surface area contributed by atoms with Crippen molar-refractivity contribution in [3.63, 3.8) is 0 Å². The number of nitriles is 1. The number of aromatic nitrogens is 2. The van der Waals surface area contributed by atoms with Gasteiger partial charge in [0.05, 0.1) is 30.5 Å². The Bertz CT molecular complexity index is 1120. The first-order chi connectivity index (χ1) is 17.4. The number of nitrogens with zero attached hydrogens (tertiary/aromatic N) is 5. The second kappa shape index (κ2) is 10.5. The largest absolute Gasteiger partial charge is 0.361 e. The standard InChI is InChI=1S/C27H40N6O2Si/c1-36(2,3)15-14-35-19-31-13-10-23-25-24(17-30-26(23)31)27(34)33(22-8-9-22)18-32(25)21-6-4-20(5-7-21)16-29-12-11-28/h10,13,17,20-22,29H,4-9,12,14-16,18-19H2,1-3H3. The number of hydrogen-bond acceptors (Lipinski definition) is 6. The third-order valence-electron chi connectivity index (χ3n) is 7.95. The first-order valence-electron chi connectivity index (χ1n) is 13.6. The molecule has 0 radical (unpaired) electrons. The van der Waals surface area contributed by atoms with Crippen LogP contribution in [0.2, 0.25) is 25.7 Å². The summed E-state index contributed by atoms with van der Waals surface area (Å²) in [5.41, 5.74) is 2.71. The minimum atomic E-state index is -1.13. The Kier molecular flexibility index (Phi) is 7.38. The Morgan fingerprint density at radius 1 is 1.14 bits per heavy atom. The summed E-state index contributed by atoms with van der Waals surface area (Å²) in [7, 11) is -1.13. The van der Waals surface area contributed by atoms with Gasteiger partial charge in [0.2, 0.25) is 0 Å². The zero-order valence-corrected chi connectivity index (χ0v) is 23.0. The summed E-state index contributed by atoms with van der Waals surface area (Å²) in [4.78, 5) is 22.8. The molecule has 0 unspecified atom stereocenters. The van der Waals surface area contributed by atoms with E-state index in [1.807, 2.05) is 0 Å². The molecule has 2 aliphatic carbocycles. The highest BCUT2D eigenvalue weighted by Gasteiger charge is 2.42. The van der Waals surface area contributed by atoms with Crippen molar-refractivity contribution in [2.24, 2.45) is 5.92 Å². The fraction of sp³-hybridized carbons (Fsp3) is 0.667. The average Bonchev–Trinajstić information content (AvgIpc) is 3.61. The van der Waals surface area contributed by atoms with Gasteiger partial charge in [0, 0.05) is 44.5 Å². The number of anilines is 1. The predicted octanol–water partition coefficient (Wildman–Crippen LogP) is 4.40. The number of ether oxygens (including phenoxy) is 1. The van der Waals surface area contributed by atoms with Crippen LogP contribution in [-0.2, 0) is 11.5 Å². The summed E-state index contributed by atoms with van der Waals surface area (Å²) in [6.45, 7) is 10.4. The maximum absolute atomic E-state index is 13.5. The molecule has 2 aromatic rings. The Labute approximate surface area is 215 Å². The van der Waals surface area contributed by atoms with Crippen LogP contribution in [0.3, 0.4) is 0 Å². The number of carbonyl (C=O) groups excluding carboxylic acids is 1. The van der Waals surface area contributed by atoms with Crippen molar-refractivity contribution in [2.45, 2.75) is 83.0 Å². The monoisotopic (exact) mass is 508 g/mol. The van der Waals surface area contributed by atoms with Gasteiger partial charge in [0.25, 0.3) is 5.91 Å². The van der Waals surface area contributed by atoms with Crippen molar-refractivity contribution < 1.29 is 9.53 Å². The third-order valence-corrected chi connectivity index (χ3v) is 9.66. The molecule has 2 fully saturated rings. The fourth-order valence-electron chi connectivity index (χ4n) is 5.65. The van der Waals surface area contributed by atoms with Crippen LogP contribution in [-0.4, -0.2) is 66.9 Å². The van der Waals surface area contributed by atoms with Crippen molar-refractivity contribution in [1.29, 1.82) is 5.26 Å². The van der Waals surface area contributed by atoms with E-state index in [0.29, 0.717) is 37.9 Å². The molecule has 0 bridgehead atoms. The maximum Gasteiger partial charge on any atom is 0.259 e. The first kappa shape index (κ1) is 25.2. The molecule has 0 atom stereocenters. The molecule has 3 heterocycles. The lowest BCUT2D eigenvalue weighted by Crippen LogP contribution is -2.52. The van der Waals surface area contributed by atoms with Crippen molar-refractivity contribution in [3.8, 4) is 6.07 Å². The summed E-state index contributed by atoms with van der Waals surface area (Å²) in [6, 6.07) is 6.22. The molecule has 0 spiro atoms. The minimum absolute atomic E-state index is 0.131. The average molecular weight is 509 g/mol. The van der Waals surface area contributed by atoms with E-state index < -0.39 is 8.07 Å². The Morgan fingerprint density at radius 2 is 1.86 bits per heavy atom. The van der Waals surface area contributed by atoms with Gasteiger partial charge in [-0.1, -0.05) is 19.6 Å². The van der Waals surface area contributed by atoms with E-state index in [-0.39, 0.29) is 5.91 Å². The molecule has 194 valence electrons. The highest BCUT2D eigenvalue weighted by atomic mass is 28.3. The van der Waals surface area contributed by atoms with Crippen LogP contribution in [0.4, 0.5) is 5.69 Å². The van der Waals surface area contributed by atoms with Crippen LogP contribution in [0.25, 0.3) is 11.0 Å². The summed E-state index contributed by atoms with van der Waals surface area (Å²) < 4.78 is 8.10. The third kappa shape index (κ3) is 5.46. The van der Waals surface area contributed by atoms with Gasteiger partial charge in [-0.2, -0.15) is 5.26 Å². The molecule has 1 aliphatic heterocycles. The summed E-state index contributed by atoms with van der Waals surface area (Å²) in [5.74, 6) is 0.749. The van der Waals surface area contributed by atoms with E-state index in [0.717, 1.165) is 80.0 Å².